The Morgan fingerprint density at radius 2 is 1.88 bits per heavy atom. The molecule has 0 bridgehead atoms. The van der Waals surface area contributed by atoms with Gasteiger partial charge in [-0.25, -0.2) is 0 Å². The molecular weight excluding hydrogens is 300 g/mol. The minimum absolute atomic E-state index is 0.108. The van der Waals surface area contributed by atoms with Crippen molar-refractivity contribution in [3.8, 4) is 11.5 Å². The fourth-order valence-electron chi connectivity index (χ4n) is 5.55. The molecule has 3 atom stereocenters. The van der Waals surface area contributed by atoms with Crippen LogP contribution >= 0.6 is 0 Å². The summed E-state index contributed by atoms with van der Waals surface area (Å²) in [4.78, 5) is 0. The summed E-state index contributed by atoms with van der Waals surface area (Å²) in [6, 6.07) is 2.08. The Morgan fingerprint density at radius 3 is 2.46 bits per heavy atom. The third kappa shape index (κ3) is 2.35. The highest BCUT2D eigenvalue weighted by Crippen LogP contribution is 2.62. The lowest BCUT2D eigenvalue weighted by Crippen LogP contribution is -2.48. The number of aromatic hydroxyl groups is 1. The summed E-state index contributed by atoms with van der Waals surface area (Å²) in [7, 11) is 1.62. The van der Waals surface area contributed by atoms with Gasteiger partial charge in [0.1, 0.15) is 0 Å². The number of phenols is 1. The summed E-state index contributed by atoms with van der Waals surface area (Å²) in [5.74, 6) is 1.43. The molecule has 0 amide bonds. The van der Waals surface area contributed by atoms with Gasteiger partial charge in [-0.2, -0.15) is 0 Å². The number of ether oxygens (including phenoxy) is 1. The Kier molecular flexibility index (Phi) is 4.15. The van der Waals surface area contributed by atoms with Crippen LogP contribution in [0, 0.1) is 11.3 Å². The molecule has 134 valence electrons. The van der Waals surface area contributed by atoms with E-state index in [4.69, 9.17) is 4.74 Å². The largest absolute Gasteiger partial charge is 0.504 e. The van der Waals surface area contributed by atoms with Gasteiger partial charge < -0.3 is 14.9 Å². The Balaban J connectivity index is 2.28. The summed E-state index contributed by atoms with van der Waals surface area (Å²) in [6.45, 7) is 11.1. The molecule has 3 rings (SSSR count). The number of hydrogen-bond donors (Lipinski definition) is 2. The van der Waals surface area contributed by atoms with Crippen molar-refractivity contribution in [3.63, 3.8) is 0 Å². The molecule has 0 aliphatic heterocycles. The second-order valence-corrected chi connectivity index (χ2v) is 9.03. The molecule has 2 aliphatic rings. The SMILES string of the molecule is COc1c(C(C)C)cc2c(c1O)[C@@]1(C)CCCC(C)(C)[C@@H]1C[C@@H]2O. The van der Waals surface area contributed by atoms with Crippen LogP contribution in [0.15, 0.2) is 6.07 Å². The first kappa shape index (κ1) is 17.6. The highest BCUT2D eigenvalue weighted by atomic mass is 16.5. The molecule has 0 aromatic heterocycles. The number of phenolic OH excluding ortho intramolecular Hbond substituents is 1. The molecule has 1 saturated carbocycles. The standard InChI is InChI=1S/C21H32O3/c1-12(2)13-10-14-15(22)11-16-20(3,4)8-7-9-21(16,5)17(14)18(23)19(13)24-6/h10,12,15-16,22-23H,7-9,11H2,1-6H3/t15-,16-,21-/m0/s1. The zero-order valence-corrected chi connectivity index (χ0v) is 15.9. The number of aliphatic hydroxyl groups is 1. The van der Waals surface area contributed by atoms with E-state index in [9.17, 15) is 10.2 Å². The number of rotatable bonds is 2. The van der Waals surface area contributed by atoms with Gasteiger partial charge >= 0.3 is 0 Å². The number of benzene rings is 1. The van der Waals surface area contributed by atoms with Crippen LogP contribution in [-0.4, -0.2) is 17.3 Å². The molecule has 0 saturated heterocycles. The lowest BCUT2D eigenvalue weighted by Gasteiger charge is -2.55. The summed E-state index contributed by atoms with van der Waals surface area (Å²) >= 11 is 0. The number of fused-ring (bicyclic) bond motifs is 3. The fourth-order valence-corrected chi connectivity index (χ4v) is 5.55. The highest BCUT2D eigenvalue weighted by Gasteiger charge is 2.53. The van der Waals surface area contributed by atoms with Gasteiger partial charge in [-0.3, -0.25) is 0 Å². The van der Waals surface area contributed by atoms with Gasteiger partial charge in [-0.05, 0) is 48.1 Å². The normalized spacial score (nSPS) is 31.5. The quantitative estimate of drug-likeness (QED) is 0.797. The number of methoxy groups -OCH3 is 1. The molecule has 0 heterocycles. The molecule has 3 heteroatoms. The van der Waals surface area contributed by atoms with Gasteiger partial charge in [0.25, 0.3) is 0 Å². The maximum atomic E-state index is 11.1. The van der Waals surface area contributed by atoms with Crippen LogP contribution in [0.1, 0.15) is 89.0 Å². The molecule has 0 radical (unpaired) electrons. The third-order valence-corrected chi connectivity index (χ3v) is 6.76. The minimum atomic E-state index is -0.509. The lowest BCUT2D eigenvalue weighted by molar-refractivity contribution is -0.00817. The Labute approximate surface area is 146 Å². The molecule has 2 aliphatic carbocycles. The van der Waals surface area contributed by atoms with Crippen LogP contribution in [-0.2, 0) is 5.41 Å². The van der Waals surface area contributed by atoms with E-state index in [1.807, 2.05) is 0 Å². The van der Waals surface area contributed by atoms with Crippen LogP contribution in [0.5, 0.6) is 11.5 Å². The molecule has 0 spiro atoms. The first-order valence-electron chi connectivity index (χ1n) is 9.25. The zero-order valence-electron chi connectivity index (χ0n) is 15.9. The van der Waals surface area contributed by atoms with Crippen LogP contribution in [0.3, 0.4) is 0 Å². The van der Waals surface area contributed by atoms with Crippen molar-refractivity contribution in [2.24, 2.45) is 11.3 Å². The second-order valence-electron chi connectivity index (χ2n) is 9.03. The monoisotopic (exact) mass is 332 g/mol. The van der Waals surface area contributed by atoms with E-state index < -0.39 is 6.10 Å². The van der Waals surface area contributed by atoms with Gasteiger partial charge in [0, 0.05) is 16.5 Å². The van der Waals surface area contributed by atoms with Crippen molar-refractivity contribution >= 4 is 0 Å². The lowest BCUT2D eigenvalue weighted by atomic mass is 9.49. The van der Waals surface area contributed by atoms with E-state index in [-0.39, 0.29) is 22.5 Å². The van der Waals surface area contributed by atoms with E-state index in [1.165, 1.54) is 6.42 Å². The third-order valence-electron chi connectivity index (χ3n) is 6.76. The van der Waals surface area contributed by atoms with E-state index in [1.54, 1.807) is 7.11 Å². The van der Waals surface area contributed by atoms with Crippen molar-refractivity contribution in [2.75, 3.05) is 7.11 Å². The average molecular weight is 332 g/mol. The van der Waals surface area contributed by atoms with Gasteiger partial charge in [0.15, 0.2) is 11.5 Å². The first-order valence-corrected chi connectivity index (χ1v) is 9.25. The van der Waals surface area contributed by atoms with Crippen molar-refractivity contribution in [2.45, 2.75) is 77.7 Å². The summed E-state index contributed by atoms with van der Waals surface area (Å²) in [5, 5.41) is 22.0. The molecule has 24 heavy (non-hydrogen) atoms. The van der Waals surface area contributed by atoms with Crippen LogP contribution in [0.25, 0.3) is 0 Å². The minimum Gasteiger partial charge on any atom is -0.504 e. The average Bonchev–Trinajstić information content (AvgIpc) is 2.48. The van der Waals surface area contributed by atoms with E-state index in [2.05, 4.69) is 40.7 Å². The summed E-state index contributed by atoms with van der Waals surface area (Å²) in [5.41, 5.74) is 2.88. The van der Waals surface area contributed by atoms with Crippen LogP contribution in [0.4, 0.5) is 0 Å². The van der Waals surface area contributed by atoms with Gasteiger partial charge in [-0.1, -0.05) is 41.0 Å². The Hall–Kier alpha value is -1.22. The van der Waals surface area contributed by atoms with Gasteiger partial charge in [0.2, 0.25) is 0 Å². The van der Waals surface area contributed by atoms with Crippen molar-refractivity contribution < 1.29 is 14.9 Å². The zero-order chi connectivity index (χ0) is 17.9. The Bertz CT molecular complexity index is 647. The second kappa shape index (κ2) is 5.66. The van der Waals surface area contributed by atoms with Crippen molar-refractivity contribution in [1.29, 1.82) is 0 Å². The maximum Gasteiger partial charge on any atom is 0.164 e. The predicted octanol–water partition coefficient (Wildman–Crippen LogP) is 5.05. The molecule has 1 fully saturated rings. The summed E-state index contributed by atoms with van der Waals surface area (Å²) < 4.78 is 5.58. The maximum absolute atomic E-state index is 11.1. The number of aliphatic hydroxyl groups excluding tert-OH is 1. The van der Waals surface area contributed by atoms with Gasteiger partial charge in [0.05, 0.1) is 13.2 Å². The van der Waals surface area contributed by atoms with Crippen molar-refractivity contribution in [1.82, 2.24) is 0 Å². The smallest absolute Gasteiger partial charge is 0.164 e. The topological polar surface area (TPSA) is 49.7 Å². The number of hydrogen-bond acceptors (Lipinski definition) is 3. The predicted molar refractivity (Wildman–Crippen MR) is 96.8 cm³/mol. The Morgan fingerprint density at radius 1 is 1.21 bits per heavy atom. The van der Waals surface area contributed by atoms with E-state index in [0.29, 0.717) is 11.7 Å². The van der Waals surface area contributed by atoms with Gasteiger partial charge in [-0.15, -0.1) is 0 Å². The molecule has 1 aromatic carbocycles. The van der Waals surface area contributed by atoms with Crippen LogP contribution < -0.4 is 4.74 Å². The molecule has 3 nitrogen and oxygen atoms in total. The van der Waals surface area contributed by atoms with Crippen LogP contribution in [0.2, 0.25) is 0 Å². The fraction of sp³-hybridized carbons (Fsp3) is 0.714. The highest BCUT2D eigenvalue weighted by molar-refractivity contribution is 5.60. The van der Waals surface area contributed by atoms with E-state index in [0.717, 1.165) is 36.0 Å². The summed E-state index contributed by atoms with van der Waals surface area (Å²) in [6.07, 6.45) is 3.66. The molecular formula is C21H32O3. The van der Waals surface area contributed by atoms with E-state index >= 15 is 0 Å². The molecule has 2 N–H and O–H groups in total. The first-order chi connectivity index (χ1) is 11.1. The molecule has 0 unspecified atom stereocenters. The molecule has 1 aromatic rings. The van der Waals surface area contributed by atoms with Crippen molar-refractivity contribution in [3.05, 3.63) is 22.8 Å².